The van der Waals surface area contributed by atoms with Gasteiger partial charge in [0.25, 0.3) is 0 Å². The number of aryl methyl sites for hydroxylation is 2. The summed E-state index contributed by atoms with van der Waals surface area (Å²) in [6, 6.07) is 45.9. The highest BCUT2D eigenvalue weighted by Crippen LogP contribution is 2.40. The van der Waals surface area contributed by atoms with Gasteiger partial charge >= 0.3 is 0 Å². The minimum absolute atomic E-state index is 0.708. The number of rotatable bonds is 8. The number of thiophene rings is 2. The molecule has 0 aliphatic carbocycles. The van der Waals surface area contributed by atoms with Crippen LogP contribution in [0.1, 0.15) is 9.75 Å². The first-order chi connectivity index (χ1) is 24.0. The second kappa shape index (κ2) is 13.4. The van der Waals surface area contributed by atoms with Crippen molar-refractivity contribution in [2.45, 2.75) is 13.8 Å². The van der Waals surface area contributed by atoms with Crippen LogP contribution in [-0.2, 0) is 0 Å². The Hall–Kier alpha value is -5.76. The summed E-state index contributed by atoms with van der Waals surface area (Å²) in [5.41, 5.74) is 9.72. The van der Waals surface area contributed by atoms with Crippen molar-refractivity contribution < 1.29 is 4.74 Å². The van der Waals surface area contributed by atoms with Crippen LogP contribution < -0.4 is 4.74 Å². The third-order valence-electron chi connectivity index (χ3n) is 8.21. The summed E-state index contributed by atoms with van der Waals surface area (Å²) >= 11 is 3.51. The van der Waals surface area contributed by atoms with E-state index in [1.807, 2.05) is 48.5 Å². The molecule has 0 unspecified atom stereocenters. The first kappa shape index (κ1) is 30.6. The lowest BCUT2D eigenvalue weighted by atomic mass is 10.0. The number of aromatic nitrogens is 4. The number of benzene rings is 4. The molecular weight excluding hydrogens is 641 g/mol. The molecule has 0 radical (unpaired) electrons. The van der Waals surface area contributed by atoms with Gasteiger partial charge in [0.1, 0.15) is 11.5 Å². The van der Waals surface area contributed by atoms with Crippen molar-refractivity contribution in [3.63, 3.8) is 0 Å². The molecule has 0 atom stereocenters. The Morgan fingerprint density at radius 3 is 1.24 bits per heavy atom. The summed E-state index contributed by atoms with van der Waals surface area (Å²) in [7, 11) is 0. The first-order valence-electron chi connectivity index (χ1n) is 15.9. The molecule has 7 heteroatoms. The van der Waals surface area contributed by atoms with Crippen molar-refractivity contribution in [3.05, 3.63) is 156 Å². The average Bonchev–Trinajstić information content (AvgIpc) is 3.80. The monoisotopic (exact) mass is 670 g/mol. The van der Waals surface area contributed by atoms with E-state index in [1.54, 1.807) is 35.1 Å². The zero-order valence-corrected chi connectivity index (χ0v) is 28.5. The lowest BCUT2D eigenvalue weighted by molar-refractivity contribution is 0.483. The average molecular weight is 671 g/mol. The Bertz CT molecular complexity index is 2230. The van der Waals surface area contributed by atoms with Crippen LogP contribution in [0.4, 0.5) is 0 Å². The van der Waals surface area contributed by atoms with Crippen LogP contribution >= 0.6 is 22.7 Å². The molecule has 4 heterocycles. The van der Waals surface area contributed by atoms with E-state index in [0.29, 0.717) is 11.5 Å². The lowest BCUT2D eigenvalue weighted by Crippen LogP contribution is -1.93. The van der Waals surface area contributed by atoms with Gasteiger partial charge in [0.2, 0.25) is 0 Å². The van der Waals surface area contributed by atoms with Crippen molar-refractivity contribution in [2.24, 2.45) is 0 Å². The third-order valence-corrected chi connectivity index (χ3v) is 10.3. The van der Waals surface area contributed by atoms with E-state index in [-0.39, 0.29) is 0 Å². The van der Waals surface area contributed by atoms with Gasteiger partial charge in [-0.1, -0.05) is 60.7 Å². The van der Waals surface area contributed by atoms with E-state index in [0.717, 1.165) is 65.6 Å². The largest absolute Gasteiger partial charge is 0.457 e. The predicted molar refractivity (Wildman–Crippen MR) is 202 cm³/mol. The topological polar surface area (TPSA) is 60.8 Å². The van der Waals surface area contributed by atoms with Crippen LogP contribution in [0.2, 0.25) is 0 Å². The van der Waals surface area contributed by atoms with E-state index >= 15 is 0 Å². The molecule has 0 spiro atoms. The van der Waals surface area contributed by atoms with Crippen LogP contribution in [0.3, 0.4) is 0 Å². The molecular formula is C42H30N4OS2. The molecule has 0 N–H and O–H groups in total. The Morgan fingerprint density at radius 1 is 0.408 bits per heavy atom. The molecule has 8 rings (SSSR count). The Balaban J connectivity index is 1.23. The van der Waals surface area contributed by atoms with Crippen LogP contribution in [-0.4, -0.2) is 20.4 Å². The maximum atomic E-state index is 6.78. The molecule has 0 bridgehead atoms. The van der Waals surface area contributed by atoms with Gasteiger partial charge in [-0.2, -0.15) is 20.4 Å². The van der Waals surface area contributed by atoms with Crippen molar-refractivity contribution >= 4 is 22.7 Å². The minimum atomic E-state index is 0.708. The van der Waals surface area contributed by atoms with Gasteiger partial charge in [0, 0.05) is 41.8 Å². The predicted octanol–water partition coefficient (Wildman–Crippen LogP) is 11.8. The highest BCUT2D eigenvalue weighted by Gasteiger charge is 2.15. The fraction of sp³-hybridized carbons (Fsp3) is 0.0476. The molecule has 0 aliphatic rings. The molecule has 236 valence electrons. The highest BCUT2D eigenvalue weighted by atomic mass is 32.1. The Labute approximate surface area is 293 Å². The summed E-state index contributed by atoms with van der Waals surface area (Å²) in [5.74, 6) is 1.42. The number of hydrogen-bond acceptors (Lipinski definition) is 7. The molecule has 0 fully saturated rings. The molecule has 49 heavy (non-hydrogen) atoms. The van der Waals surface area contributed by atoms with Gasteiger partial charge in [0.05, 0.1) is 23.8 Å². The van der Waals surface area contributed by atoms with Gasteiger partial charge in [-0.05, 0) is 109 Å². The second-order valence-corrected chi connectivity index (χ2v) is 14.4. The summed E-state index contributed by atoms with van der Waals surface area (Å²) in [6.45, 7) is 4.25. The Morgan fingerprint density at radius 2 is 0.837 bits per heavy atom. The third kappa shape index (κ3) is 6.81. The molecule has 4 aromatic carbocycles. The summed E-state index contributed by atoms with van der Waals surface area (Å²) in [4.78, 5) is 4.81. The second-order valence-electron chi connectivity index (χ2n) is 11.8. The normalized spacial score (nSPS) is 11.1. The van der Waals surface area contributed by atoms with Gasteiger partial charge in [-0.3, -0.25) is 0 Å². The molecule has 0 aliphatic heterocycles. The summed E-state index contributed by atoms with van der Waals surface area (Å²) in [6.07, 6.45) is 3.61. The van der Waals surface area contributed by atoms with Crippen molar-refractivity contribution in [2.75, 3.05) is 0 Å². The fourth-order valence-corrected chi connectivity index (χ4v) is 7.51. The van der Waals surface area contributed by atoms with Crippen LogP contribution in [0.5, 0.6) is 11.5 Å². The van der Waals surface area contributed by atoms with Crippen molar-refractivity contribution in [1.82, 2.24) is 20.4 Å². The smallest absolute Gasteiger partial charge is 0.128 e. The Kier molecular flexibility index (Phi) is 8.35. The van der Waals surface area contributed by atoms with Gasteiger partial charge in [-0.25, -0.2) is 0 Å². The summed E-state index contributed by atoms with van der Waals surface area (Å²) in [5, 5.41) is 17.9. The summed E-state index contributed by atoms with van der Waals surface area (Å²) < 4.78 is 6.78. The lowest BCUT2D eigenvalue weighted by Gasteiger charge is -2.13. The maximum Gasteiger partial charge on any atom is 0.128 e. The van der Waals surface area contributed by atoms with Crippen molar-refractivity contribution in [1.29, 1.82) is 0 Å². The standard InChI is InChI=1S/C42H30N4OS2/c1-27-13-15-41(48-27)33-17-31(39-23-35(25-43-45-39)29-9-5-3-6-10-29)19-37(21-33)47-38-20-32(18-34(22-38)42-16-14-28(2)49-42)40-24-36(26-44-46-40)30-11-7-4-8-12-30/h3-26H,1-2H3. The van der Waals surface area contributed by atoms with E-state index in [9.17, 15) is 0 Å². The van der Waals surface area contributed by atoms with E-state index in [2.05, 4.69) is 119 Å². The molecule has 4 aromatic heterocycles. The molecule has 0 amide bonds. The number of hydrogen-bond donors (Lipinski definition) is 0. The van der Waals surface area contributed by atoms with Gasteiger partial charge in [0.15, 0.2) is 0 Å². The van der Waals surface area contributed by atoms with Crippen LogP contribution in [0, 0.1) is 13.8 Å². The zero-order valence-electron chi connectivity index (χ0n) is 26.9. The van der Waals surface area contributed by atoms with Crippen LogP contribution in [0.15, 0.2) is 146 Å². The van der Waals surface area contributed by atoms with Crippen molar-refractivity contribution in [3.8, 4) is 77.1 Å². The van der Waals surface area contributed by atoms with Crippen LogP contribution in [0.25, 0.3) is 65.6 Å². The molecule has 0 saturated heterocycles. The zero-order chi connectivity index (χ0) is 33.2. The molecule has 0 saturated carbocycles. The van der Waals surface area contributed by atoms with Gasteiger partial charge < -0.3 is 4.74 Å². The SMILES string of the molecule is Cc1ccc(-c2cc(Oc3cc(-c4cc(-c5ccccc5)cnn4)cc(-c4ccc(C)s4)c3)cc(-c3cc(-c4ccccc4)cnn3)c2)s1. The minimum Gasteiger partial charge on any atom is -0.457 e. The molecule has 5 nitrogen and oxygen atoms in total. The van der Waals surface area contributed by atoms with Gasteiger partial charge in [-0.15, -0.1) is 22.7 Å². The maximum absolute atomic E-state index is 6.78. The highest BCUT2D eigenvalue weighted by molar-refractivity contribution is 7.15. The quantitative estimate of drug-likeness (QED) is 0.161. The van der Waals surface area contributed by atoms with E-state index < -0.39 is 0 Å². The first-order valence-corrected chi connectivity index (χ1v) is 17.6. The molecule has 8 aromatic rings. The van der Waals surface area contributed by atoms with E-state index in [1.165, 1.54) is 9.75 Å². The fourth-order valence-electron chi connectivity index (χ4n) is 5.80. The van der Waals surface area contributed by atoms with E-state index in [4.69, 9.17) is 4.74 Å². The number of nitrogens with zero attached hydrogens (tertiary/aromatic N) is 4. The number of ether oxygens (including phenoxy) is 1.